The summed E-state index contributed by atoms with van der Waals surface area (Å²) >= 11 is 2.35. The molecular weight excluding hydrogens is 341 g/mol. The standard InChI is InChI=1S/C14H22INO2/c1-4-17-14(18-5-2)8-9-16-12-7-6-11(3)13(15)10-12/h6-7,10,14,16H,4-5,8-9H2,1-3H3. The molecule has 1 aromatic rings. The largest absolute Gasteiger partial charge is 0.385 e. The van der Waals surface area contributed by atoms with Crippen molar-refractivity contribution in [3.8, 4) is 0 Å². The van der Waals surface area contributed by atoms with Crippen molar-refractivity contribution in [1.29, 1.82) is 0 Å². The van der Waals surface area contributed by atoms with Crippen molar-refractivity contribution in [1.82, 2.24) is 0 Å². The third-order valence-electron chi connectivity index (χ3n) is 2.59. The van der Waals surface area contributed by atoms with Gasteiger partial charge in [0.15, 0.2) is 6.29 Å². The van der Waals surface area contributed by atoms with Crippen LogP contribution in [0.2, 0.25) is 0 Å². The van der Waals surface area contributed by atoms with Gasteiger partial charge < -0.3 is 14.8 Å². The average Bonchev–Trinajstić information content (AvgIpc) is 2.34. The normalized spacial score (nSPS) is 10.9. The van der Waals surface area contributed by atoms with Gasteiger partial charge in [-0.15, -0.1) is 0 Å². The Morgan fingerprint density at radius 3 is 2.44 bits per heavy atom. The highest BCUT2D eigenvalue weighted by molar-refractivity contribution is 14.1. The van der Waals surface area contributed by atoms with Gasteiger partial charge in [0.1, 0.15) is 0 Å². The molecule has 0 spiro atoms. The summed E-state index contributed by atoms with van der Waals surface area (Å²) in [5.41, 5.74) is 2.46. The van der Waals surface area contributed by atoms with E-state index in [-0.39, 0.29) is 6.29 Å². The maximum absolute atomic E-state index is 5.50. The summed E-state index contributed by atoms with van der Waals surface area (Å²) in [6, 6.07) is 6.40. The first-order chi connectivity index (χ1) is 8.67. The maximum Gasteiger partial charge on any atom is 0.159 e. The molecule has 1 N–H and O–H groups in total. The van der Waals surface area contributed by atoms with Crippen molar-refractivity contribution in [3.05, 3.63) is 27.3 Å². The SMILES string of the molecule is CCOC(CCNc1ccc(C)c(I)c1)OCC. The number of aryl methyl sites for hydroxylation is 1. The van der Waals surface area contributed by atoms with E-state index in [0.29, 0.717) is 13.2 Å². The minimum absolute atomic E-state index is 0.1000. The Morgan fingerprint density at radius 1 is 1.22 bits per heavy atom. The fraction of sp³-hybridized carbons (Fsp3) is 0.571. The molecule has 18 heavy (non-hydrogen) atoms. The third kappa shape index (κ3) is 5.54. The van der Waals surface area contributed by atoms with Crippen LogP contribution in [-0.4, -0.2) is 26.0 Å². The zero-order valence-electron chi connectivity index (χ0n) is 11.3. The molecule has 0 bridgehead atoms. The van der Waals surface area contributed by atoms with Crippen molar-refractivity contribution in [2.45, 2.75) is 33.5 Å². The molecule has 0 saturated heterocycles. The van der Waals surface area contributed by atoms with E-state index in [0.717, 1.165) is 18.7 Å². The van der Waals surface area contributed by atoms with Crippen molar-refractivity contribution in [3.63, 3.8) is 0 Å². The second kappa shape index (κ2) is 8.72. The highest BCUT2D eigenvalue weighted by Crippen LogP contribution is 2.17. The van der Waals surface area contributed by atoms with Crippen LogP contribution >= 0.6 is 22.6 Å². The van der Waals surface area contributed by atoms with Gasteiger partial charge in [-0.2, -0.15) is 0 Å². The predicted octanol–water partition coefficient (Wildman–Crippen LogP) is 3.80. The smallest absolute Gasteiger partial charge is 0.159 e. The Labute approximate surface area is 123 Å². The van der Waals surface area contributed by atoms with E-state index in [2.05, 4.69) is 53.0 Å². The minimum atomic E-state index is -0.1000. The lowest BCUT2D eigenvalue weighted by atomic mass is 10.2. The lowest BCUT2D eigenvalue weighted by Crippen LogP contribution is -2.21. The Bertz CT molecular complexity index is 352. The van der Waals surface area contributed by atoms with E-state index in [1.807, 2.05) is 13.8 Å². The highest BCUT2D eigenvalue weighted by atomic mass is 127. The van der Waals surface area contributed by atoms with Gasteiger partial charge in [-0.1, -0.05) is 6.07 Å². The Balaban J connectivity index is 2.37. The number of halogens is 1. The second-order valence-corrected chi connectivity index (χ2v) is 5.18. The van der Waals surface area contributed by atoms with Crippen LogP contribution < -0.4 is 5.32 Å². The molecule has 0 aliphatic heterocycles. The van der Waals surface area contributed by atoms with Gasteiger partial charge in [0.25, 0.3) is 0 Å². The Morgan fingerprint density at radius 2 is 1.89 bits per heavy atom. The van der Waals surface area contributed by atoms with Crippen molar-refractivity contribution < 1.29 is 9.47 Å². The monoisotopic (exact) mass is 363 g/mol. The quantitative estimate of drug-likeness (QED) is 0.563. The van der Waals surface area contributed by atoms with Crippen LogP contribution in [0, 0.1) is 10.5 Å². The molecule has 0 unspecified atom stereocenters. The zero-order valence-corrected chi connectivity index (χ0v) is 13.5. The summed E-state index contributed by atoms with van der Waals surface area (Å²) in [7, 11) is 0. The first kappa shape index (κ1) is 15.7. The molecule has 0 aromatic heterocycles. The van der Waals surface area contributed by atoms with E-state index in [1.54, 1.807) is 0 Å². The lowest BCUT2D eigenvalue weighted by Gasteiger charge is -2.17. The zero-order chi connectivity index (χ0) is 13.4. The molecular formula is C14H22INO2. The van der Waals surface area contributed by atoms with Gasteiger partial charge in [0.2, 0.25) is 0 Å². The molecule has 0 atom stereocenters. The predicted molar refractivity (Wildman–Crippen MR) is 84.0 cm³/mol. The average molecular weight is 363 g/mol. The number of rotatable bonds is 8. The first-order valence-electron chi connectivity index (χ1n) is 6.40. The molecule has 4 heteroatoms. The van der Waals surface area contributed by atoms with Crippen LogP contribution in [0.25, 0.3) is 0 Å². The number of anilines is 1. The molecule has 0 aliphatic carbocycles. The number of ether oxygens (including phenoxy) is 2. The van der Waals surface area contributed by atoms with Crippen LogP contribution in [0.1, 0.15) is 25.8 Å². The number of hydrogen-bond acceptors (Lipinski definition) is 3. The number of benzene rings is 1. The molecule has 0 fully saturated rings. The molecule has 1 rings (SSSR count). The van der Waals surface area contributed by atoms with Crippen LogP contribution in [-0.2, 0) is 9.47 Å². The summed E-state index contributed by atoms with van der Waals surface area (Å²) in [6.07, 6.45) is 0.753. The molecule has 102 valence electrons. The molecule has 0 aliphatic rings. The summed E-state index contributed by atoms with van der Waals surface area (Å²) in [5, 5.41) is 3.40. The van der Waals surface area contributed by atoms with Gasteiger partial charge in [-0.25, -0.2) is 0 Å². The van der Waals surface area contributed by atoms with Crippen LogP contribution in [0.5, 0.6) is 0 Å². The molecule has 0 heterocycles. The van der Waals surface area contributed by atoms with Crippen LogP contribution in [0.4, 0.5) is 5.69 Å². The molecule has 3 nitrogen and oxygen atoms in total. The van der Waals surface area contributed by atoms with Crippen molar-refractivity contribution in [2.24, 2.45) is 0 Å². The number of nitrogens with one attached hydrogen (secondary N) is 1. The highest BCUT2D eigenvalue weighted by Gasteiger charge is 2.07. The van der Waals surface area contributed by atoms with E-state index in [9.17, 15) is 0 Å². The Kier molecular flexibility index (Phi) is 7.62. The van der Waals surface area contributed by atoms with Gasteiger partial charge in [-0.3, -0.25) is 0 Å². The van der Waals surface area contributed by atoms with E-state index in [1.165, 1.54) is 9.13 Å². The van der Waals surface area contributed by atoms with E-state index < -0.39 is 0 Å². The number of hydrogen-bond donors (Lipinski definition) is 1. The third-order valence-corrected chi connectivity index (χ3v) is 3.75. The summed E-state index contributed by atoms with van der Waals surface area (Å²) in [6.45, 7) is 8.32. The van der Waals surface area contributed by atoms with Crippen LogP contribution in [0.15, 0.2) is 18.2 Å². The van der Waals surface area contributed by atoms with Gasteiger partial charge in [0.05, 0.1) is 0 Å². The lowest BCUT2D eigenvalue weighted by molar-refractivity contribution is -0.137. The fourth-order valence-corrected chi connectivity index (χ4v) is 2.14. The summed E-state index contributed by atoms with van der Waals surface area (Å²) < 4.78 is 12.3. The molecule has 0 radical (unpaired) electrons. The van der Waals surface area contributed by atoms with E-state index in [4.69, 9.17) is 9.47 Å². The first-order valence-corrected chi connectivity index (χ1v) is 7.48. The topological polar surface area (TPSA) is 30.5 Å². The molecule has 0 amide bonds. The molecule has 1 aromatic carbocycles. The second-order valence-electron chi connectivity index (χ2n) is 4.02. The Hall–Kier alpha value is -0.330. The minimum Gasteiger partial charge on any atom is -0.385 e. The summed E-state index contributed by atoms with van der Waals surface area (Å²) in [5.74, 6) is 0. The summed E-state index contributed by atoms with van der Waals surface area (Å²) in [4.78, 5) is 0. The van der Waals surface area contributed by atoms with Crippen LogP contribution in [0.3, 0.4) is 0 Å². The van der Waals surface area contributed by atoms with Gasteiger partial charge >= 0.3 is 0 Å². The van der Waals surface area contributed by atoms with Crippen molar-refractivity contribution in [2.75, 3.05) is 25.1 Å². The van der Waals surface area contributed by atoms with E-state index >= 15 is 0 Å². The van der Waals surface area contributed by atoms with Gasteiger partial charge in [-0.05, 0) is 61.1 Å². The molecule has 0 saturated carbocycles. The van der Waals surface area contributed by atoms with Crippen molar-refractivity contribution >= 4 is 28.3 Å². The fourth-order valence-electron chi connectivity index (χ4n) is 1.62. The van der Waals surface area contributed by atoms with Gasteiger partial charge in [0, 0.05) is 35.4 Å². The maximum atomic E-state index is 5.50.